The van der Waals surface area contributed by atoms with Crippen LogP contribution in [0.3, 0.4) is 0 Å². The number of allylic oxidation sites excluding steroid dienone is 1. The van der Waals surface area contributed by atoms with Gasteiger partial charge in [0, 0.05) is 0 Å². The van der Waals surface area contributed by atoms with E-state index in [1.165, 1.54) is 18.4 Å². The summed E-state index contributed by atoms with van der Waals surface area (Å²) in [5, 5.41) is 0. The van der Waals surface area contributed by atoms with Gasteiger partial charge in [-0.15, -0.1) is 0 Å². The normalized spacial score (nSPS) is 40.7. The summed E-state index contributed by atoms with van der Waals surface area (Å²) < 4.78 is 0. The molecule has 0 spiro atoms. The maximum atomic E-state index is 4.11. The van der Waals surface area contributed by atoms with E-state index in [1.54, 1.807) is 0 Å². The van der Waals surface area contributed by atoms with Crippen LogP contribution in [0.15, 0.2) is 12.2 Å². The van der Waals surface area contributed by atoms with Crippen LogP contribution < -0.4 is 0 Å². The minimum Gasteiger partial charge on any atom is -0.0993 e. The zero-order valence-corrected chi connectivity index (χ0v) is 7.35. The standard InChI is InChI=1S/C10H18/c1-5-10-6-7(2)8(3)9(10)4/h7,9-10H,3,5-6H2,1-2,4H3/t7-,9?,10?/m0/s1. The SMILES string of the molecule is C=C1C(C)C(CC)C[C@@H]1C. The quantitative estimate of drug-likeness (QED) is 0.488. The van der Waals surface area contributed by atoms with Gasteiger partial charge in [-0.25, -0.2) is 0 Å². The van der Waals surface area contributed by atoms with E-state index in [9.17, 15) is 0 Å². The Hall–Kier alpha value is -0.260. The van der Waals surface area contributed by atoms with E-state index in [4.69, 9.17) is 0 Å². The smallest absolute Gasteiger partial charge is 0.0203 e. The first kappa shape index (κ1) is 7.84. The van der Waals surface area contributed by atoms with Gasteiger partial charge in [0.1, 0.15) is 0 Å². The molecule has 0 aliphatic heterocycles. The molecule has 0 saturated heterocycles. The van der Waals surface area contributed by atoms with Gasteiger partial charge >= 0.3 is 0 Å². The molecule has 0 nitrogen and oxygen atoms in total. The molecule has 10 heavy (non-hydrogen) atoms. The van der Waals surface area contributed by atoms with Crippen molar-refractivity contribution in [3.05, 3.63) is 12.2 Å². The van der Waals surface area contributed by atoms with Crippen molar-refractivity contribution in [3.63, 3.8) is 0 Å². The Morgan fingerprint density at radius 2 is 2.10 bits per heavy atom. The predicted octanol–water partition coefficient (Wildman–Crippen LogP) is 3.24. The van der Waals surface area contributed by atoms with E-state index >= 15 is 0 Å². The molecule has 0 aromatic rings. The highest BCUT2D eigenvalue weighted by molar-refractivity contribution is 5.11. The van der Waals surface area contributed by atoms with Crippen LogP contribution in [0.1, 0.15) is 33.6 Å². The number of rotatable bonds is 1. The molecule has 2 unspecified atom stereocenters. The van der Waals surface area contributed by atoms with Crippen molar-refractivity contribution >= 4 is 0 Å². The fourth-order valence-corrected chi connectivity index (χ4v) is 2.08. The summed E-state index contributed by atoms with van der Waals surface area (Å²) in [7, 11) is 0. The molecule has 1 aliphatic rings. The largest absolute Gasteiger partial charge is 0.0993 e. The molecule has 58 valence electrons. The van der Waals surface area contributed by atoms with Gasteiger partial charge in [-0.2, -0.15) is 0 Å². The highest BCUT2D eigenvalue weighted by atomic mass is 14.3. The molecule has 0 radical (unpaired) electrons. The first-order chi connectivity index (χ1) is 4.66. The van der Waals surface area contributed by atoms with E-state index < -0.39 is 0 Å². The predicted molar refractivity (Wildman–Crippen MR) is 45.9 cm³/mol. The van der Waals surface area contributed by atoms with Crippen molar-refractivity contribution in [1.29, 1.82) is 0 Å². The third-order valence-electron chi connectivity index (χ3n) is 3.11. The minimum absolute atomic E-state index is 0.778. The Morgan fingerprint density at radius 1 is 1.50 bits per heavy atom. The molecular weight excluding hydrogens is 120 g/mol. The highest BCUT2D eigenvalue weighted by Gasteiger charge is 2.30. The van der Waals surface area contributed by atoms with Crippen LogP contribution in [-0.4, -0.2) is 0 Å². The Bertz CT molecular complexity index is 135. The molecule has 3 atom stereocenters. The third kappa shape index (κ3) is 1.12. The van der Waals surface area contributed by atoms with E-state index in [0.717, 1.165) is 17.8 Å². The van der Waals surface area contributed by atoms with Gasteiger partial charge in [-0.1, -0.05) is 39.3 Å². The summed E-state index contributed by atoms with van der Waals surface area (Å²) in [6.07, 6.45) is 2.70. The first-order valence-electron chi connectivity index (χ1n) is 4.35. The summed E-state index contributed by atoms with van der Waals surface area (Å²) in [5.74, 6) is 2.47. The number of hydrogen-bond donors (Lipinski definition) is 0. The molecule has 0 bridgehead atoms. The zero-order valence-electron chi connectivity index (χ0n) is 7.35. The summed E-state index contributed by atoms with van der Waals surface area (Å²) in [6.45, 7) is 11.0. The van der Waals surface area contributed by atoms with Crippen LogP contribution >= 0.6 is 0 Å². The number of hydrogen-bond acceptors (Lipinski definition) is 0. The van der Waals surface area contributed by atoms with Gasteiger partial charge in [-0.3, -0.25) is 0 Å². The minimum atomic E-state index is 0.778. The highest BCUT2D eigenvalue weighted by Crippen LogP contribution is 2.40. The maximum absolute atomic E-state index is 4.11. The molecule has 0 aromatic carbocycles. The van der Waals surface area contributed by atoms with E-state index in [0.29, 0.717) is 0 Å². The van der Waals surface area contributed by atoms with Crippen molar-refractivity contribution in [2.45, 2.75) is 33.6 Å². The third-order valence-corrected chi connectivity index (χ3v) is 3.11. The van der Waals surface area contributed by atoms with Gasteiger partial charge in [0.05, 0.1) is 0 Å². The van der Waals surface area contributed by atoms with E-state index in [2.05, 4.69) is 27.4 Å². The molecule has 0 heteroatoms. The Kier molecular flexibility index (Phi) is 2.18. The molecule has 1 aliphatic carbocycles. The van der Waals surface area contributed by atoms with Gasteiger partial charge in [0.2, 0.25) is 0 Å². The second kappa shape index (κ2) is 2.77. The first-order valence-corrected chi connectivity index (χ1v) is 4.35. The molecule has 0 aromatic heterocycles. The Morgan fingerprint density at radius 3 is 2.30 bits per heavy atom. The van der Waals surface area contributed by atoms with Crippen LogP contribution in [-0.2, 0) is 0 Å². The van der Waals surface area contributed by atoms with Crippen molar-refractivity contribution in [2.24, 2.45) is 17.8 Å². The van der Waals surface area contributed by atoms with Gasteiger partial charge in [0.15, 0.2) is 0 Å². The van der Waals surface area contributed by atoms with Gasteiger partial charge in [0.25, 0.3) is 0 Å². The molecular formula is C10H18. The Labute approximate surface area is 64.3 Å². The van der Waals surface area contributed by atoms with E-state index in [-0.39, 0.29) is 0 Å². The second-order valence-electron chi connectivity index (χ2n) is 3.67. The molecule has 0 heterocycles. The lowest BCUT2D eigenvalue weighted by molar-refractivity contribution is 0.424. The lowest BCUT2D eigenvalue weighted by atomic mass is 9.94. The van der Waals surface area contributed by atoms with Crippen LogP contribution in [0.4, 0.5) is 0 Å². The molecule has 1 saturated carbocycles. The fraction of sp³-hybridized carbons (Fsp3) is 0.800. The van der Waals surface area contributed by atoms with Crippen LogP contribution in [0, 0.1) is 17.8 Å². The maximum Gasteiger partial charge on any atom is -0.0203 e. The fourth-order valence-electron chi connectivity index (χ4n) is 2.08. The molecule has 1 rings (SSSR count). The van der Waals surface area contributed by atoms with Gasteiger partial charge < -0.3 is 0 Å². The monoisotopic (exact) mass is 138 g/mol. The van der Waals surface area contributed by atoms with Crippen molar-refractivity contribution in [3.8, 4) is 0 Å². The van der Waals surface area contributed by atoms with Crippen LogP contribution in [0.2, 0.25) is 0 Å². The average molecular weight is 138 g/mol. The van der Waals surface area contributed by atoms with Crippen molar-refractivity contribution in [1.82, 2.24) is 0 Å². The second-order valence-corrected chi connectivity index (χ2v) is 3.67. The summed E-state index contributed by atoms with van der Waals surface area (Å²) >= 11 is 0. The summed E-state index contributed by atoms with van der Waals surface area (Å²) in [6, 6.07) is 0. The zero-order chi connectivity index (χ0) is 7.72. The molecule has 1 fully saturated rings. The van der Waals surface area contributed by atoms with E-state index in [1.807, 2.05) is 0 Å². The summed E-state index contributed by atoms with van der Waals surface area (Å²) in [5.41, 5.74) is 1.48. The average Bonchev–Trinajstić information content (AvgIpc) is 2.17. The molecule has 0 amide bonds. The van der Waals surface area contributed by atoms with Crippen LogP contribution in [0.5, 0.6) is 0 Å². The van der Waals surface area contributed by atoms with Crippen LogP contribution in [0.25, 0.3) is 0 Å². The van der Waals surface area contributed by atoms with Crippen molar-refractivity contribution in [2.75, 3.05) is 0 Å². The van der Waals surface area contributed by atoms with Crippen molar-refractivity contribution < 1.29 is 0 Å². The lowest BCUT2D eigenvalue weighted by Crippen LogP contribution is -2.02. The topological polar surface area (TPSA) is 0 Å². The van der Waals surface area contributed by atoms with Gasteiger partial charge in [-0.05, 0) is 24.2 Å². The molecule has 0 N–H and O–H groups in total. The lowest BCUT2D eigenvalue weighted by Gasteiger charge is -2.11. The summed E-state index contributed by atoms with van der Waals surface area (Å²) in [4.78, 5) is 0. The Balaban J connectivity index is 2.61.